The summed E-state index contributed by atoms with van der Waals surface area (Å²) in [6.07, 6.45) is -4.55. The monoisotopic (exact) mass is 482 g/mol. The van der Waals surface area contributed by atoms with E-state index in [2.05, 4.69) is 5.32 Å². The van der Waals surface area contributed by atoms with E-state index in [0.717, 1.165) is 30.3 Å². The Morgan fingerprint density at radius 3 is 2.12 bits per heavy atom. The summed E-state index contributed by atoms with van der Waals surface area (Å²) in [5, 5.41) is 2.33. The summed E-state index contributed by atoms with van der Waals surface area (Å²) in [6, 6.07) is 13.9. The number of ether oxygens (including phenoxy) is 1. The Morgan fingerprint density at radius 1 is 0.970 bits per heavy atom. The van der Waals surface area contributed by atoms with Gasteiger partial charge in [0.2, 0.25) is 5.91 Å². The molecular weight excluding hydrogens is 464 g/mol. The van der Waals surface area contributed by atoms with E-state index in [4.69, 9.17) is 4.74 Å². The van der Waals surface area contributed by atoms with Crippen LogP contribution in [0.1, 0.15) is 5.56 Å². The van der Waals surface area contributed by atoms with Crippen LogP contribution in [-0.2, 0) is 21.0 Å². The number of para-hydroxylation sites is 1. The number of halogens is 4. The topological polar surface area (TPSA) is 75.7 Å². The summed E-state index contributed by atoms with van der Waals surface area (Å²) < 4.78 is 84.7. The molecule has 3 rings (SSSR count). The molecule has 1 N–H and O–H groups in total. The SMILES string of the molecule is COc1ccc(S(=O)(=O)N(CC(=O)Nc2ccc(C(F)(F)F)cc2)c2ccccc2F)cc1. The van der Waals surface area contributed by atoms with E-state index in [1.165, 1.54) is 49.6 Å². The highest BCUT2D eigenvalue weighted by Gasteiger charge is 2.31. The number of hydrogen-bond acceptors (Lipinski definition) is 4. The molecule has 0 aliphatic carbocycles. The van der Waals surface area contributed by atoms with Crippen molar-refractivity contribution < 1.29 is 35.5 Å². The van der Waals surface area contributed by atoms with Crippen molar-refractivity contribution in [1.29, 1.82) is 0 Å². The molecule has 0 bridgehead atoms. The van der Waals surface area contributed by atoms with Crippen LogP contribution in [0.2, 0.25) is 0 Å². The zero-order chi connectivity index (χ0) is 24.2. The number of nitrogens with one attached hydrogen (secondary N) is 1. The largest absolute Gasteiger partial charge is 0.497 e. The maximum atomic E-state index is 14.5. The second-order valence-corrected chi connectivity index (χ2v) is 8.62. The van der Waals surface area contributed by atoms with Crippen molar-refractivity contribution in [2.45, 2.75) is 11.1 Å². The minimum atomic E-state index is -4.55. The third kappa shape index (κ3) is 5.61. The van der Waals surface area contributed by atoms with Gasteiger partial charge in [0.05, 0.1) is 23.3 Å². The van der Waals surface area contributed by atoms with Crippen LogP contribution in [0.5, 0.6) is 5.75 Å². The molecule has 0 aromatic heterocycles. The Labute approximate surface area is 187 Å². The number of benzene rings is 3. The van der Waals surface area contributed by atoms with Gasteiger partial charge >= 0.3 is 6.18 Å². The van der Waals surface area contributed by atoms with E-state index < -0.39 is 40.0 Å². The Hall–Kier alpha value is -3.60. The maximum Gasteiger partial charge on any atom is 0.416 e. The molecule has 0 aliphatic heterocycles. The van der Waals surface area contributed by atoms with Gasteiger partial charge in [0.1, 0.15) is 18.1 Å². The van der Waals surface area contributed by atoms with Gasteiger partial charge in [-0.05, 0) is 60.7 Å². The van der Waals surface area contributed by atoms with E-state index in [1.54, 1.807) is 0 Å². The molecule has 0 aliphatic rings. The second kappa shape index (κ2) is 9.49. The second-order valence-electron chi connectivity index (χ2n) is 6.76. The number of sulfonamides is 1. The fourth-order valence-corrected chi connectivity index (χ4v) is 4.33. The average molecular weight is 482 g/mol. The third-order valence-electron chi connectivity index (χ3n) is 4.55. The normalized spacial score (nSPS) is 11.7. The van der Waals surface area contributed by atoms with Crippen molar-refractivity contribution >= 4 is 27.3 Å². The van der Waals surface area contributed by atoms with Gasteiger partial charge in [-0.1, -0.05) is 12.1 Å². The third-order valence-corrected chi connectivity index (χ3v) is 6.33. The van der Waals surface area contributed by atoms with Crippen LogP contribution in [0.15, 0.2) is 77.7 Å². The number of hydrogen-bond donors (Lipinski definition) is 1. The molecule has 0 saturated heterocycles. The van der Waals surface area contributed by atoms with Crippen molar-refractivity contribution in [1.82, 2.24) is 0 Å². The summed E-state index contributed by atoms with van der Waals surface area (Å²) >= 11 is 0. The van der Waals surface area contributed by atoms with Crippen LogP contribution in [0, 0.1) is 5.82 Å². The van der Waals surface area contributed by atoms with Crippen LogP contribution in [-0.4, -0.2) is 28.0 Å². The lowest BCUT2D eigenvalue weighted by atomic mass is 10.2. The molecule has 0 heterocycles. The Bertz CT molecular complexity index is 1230. The Kier molecular flexibility index (Phi) is 6.92. The lowest BCUT2D eigenvalue weighted by Gasteiger charge is -2.24. The minimum absolute atomic E-state index is 0.0170. The summed E-state index contributed by atoms with van der Waals surface area (Å²) in [4.78, 5) is 12.4. The van der Waals surface area contributed by atoms with Crippen LogP contribution in [0.4, 0.5) is 28.9 Å². The van der Waals surface area contributed by atoms with Gasteiger partial charge < -0.3 is 10.1 Å². The minimum Gasteiger partial charge on any atom is -0.497 e. The fourth-order valence-electron chi connectivity index (χ4n) is 2.90. The van der Waals surface area contributed by atoms with Crippen LogP contribution < -0.4 is 14.4 Å². The number of carbonyl (C=O) groups excluding carboxylic acids is 1. The molecule has 6 nitrogen and oxygen atoms in total. The van der Waals surface area contributed by atoms with Crippen LogP contribution in [0.3, 0.4) is 0 Å². The standard InChI is InChI=1S/C22H18F4N2O4S/c1-32-17-10-12-18(13-11-17)33(30,31)28(20-5-3-2-4-19(20)23)14-21(29)27-16-8-6-15(7-9-16)22(24,25)26/h2-13H,14H2,1H3,(H,27,29). The number of methoxy groups -OCH3 is 1. The number of nitrogens with zero attached hydrogens (tertiary/aromatic N) is 1. The highest BCUT2D eigenvalue weighted by atomic mass is 32.2. The molecule has 0 atom stereocenters. The molecule has 0 unspecified atom stereocenters. The molecule has 3 aromatic rings. The molecule has 0 spiro atoms. The first-order valence-electron chi connectivity index (χ1n) is 9.41. The number of alkyl halides is 3. The molecule has 1 amide bonds. The Morgan fingerprint density at radius 2 is 1.58 bits per heavy atom. The van der Waals surface area contributed by atoms with Crippen molar-refractivity contribution in [2.75, 3.05) is 23.3 Å². The van der Waals surface area contributed by atoms with Gasteiger partial charge in [0, 0.05) is 5.69 Å². The van der Waals surface area contributed by atoms with Crippen LogP contribution in [0.25, 0.3) is 0 Å². The lowest BCUT2D eigenvalue weighted by molar-refractivity contribution is -0.137. The van der Waals surface area contributed by atoms with Crippen molar-refractivity contribution in [3.05, 3.63) is 84.2 Å². The van der Waals surface area contributed by atoms with Gasteiger partial charge in [-0.3, -0.25) is 9.10 Å². The number of anilines is 2. The highest BCUT2D eigenvalue weighted by molar-refractivity contribution is 7.92. The quantitative estimate of drug-likeness (QED) is 0.496. The number of carbonyl (C=O) groups is 1. The molecule has 0 saturated carbocycles. The van der Waals surface area contributed by atoms with Crippen molar-refractivity contribution in [3.63, 3.8) is 0 Å². The smallest absolute Gasteiger partial charge is 0.416 e. The predicted molar refractivity (Wildman–Crippen MR) is 114 cm³/mol. The average Bonchev–Trinajstić information content (AvgIpc) is 2.78. The summed E-state index contributed by atoms with van der Waals surface area (Å²) in [7, 11) is -2.98. The number of rotatable bonds is 7. The molecule has 11 heteroatoms. The number of amides is 1. The summed E-state index contributed by atoms with van der Waals surface area (Å²) in [5.41, 5.74) is -1.25. The molecular formula is C22H18F4N2O4S. The first-order chi connectivity index (χ1) is 15.5. The van der Waals surface area contributed by atoms with E-state index in [0.29, 0.717) is 10.1 Å². The predicted octanol–water partition coefficient (Wildman–Crippen LogP) is 4.69. The maximum absolute atomic E-state index is 14.5. The van der Waals surface area contributed by atoms with E-state index in [-0.39, 0.29) is 16.3 Å². The van der Waals surface area contributed by atoms with Crippen molar-refractivity contribution in [3.8, 4) is 5.75 Å². The van der Waals surface area contributed by atoms with E-state index in [9.17, 15) is 30.8 Å². The fraction of sp³-hybridized carbons (Fsp3) is 0.136. The first-order valence-corrected chi connectivity index (χ1v) is 10.8. The Balaban J connectivity index is 1.90. The zero-order valence-electron chi connectivity index (χ0n) is 17.1. The first kappa shape index (κ1) is 24.1. The summed E-state index contributed by atoms with van der Waals surface area (Å²) in [5.74, 6) is -1.36. The van der Waals surface area contributed by atoms with E-state index >= 15 is 0 Å². The van der Waals surface area contributed by atoms with Gasteiger partial charge in [0.15, 0.2) is 0 Å². The molecule has 0 radical (unpaired) electrons. The van der Waals surface area contributed by atoms with Gasteiger partial charge in [-0.15, -0.1) is 0 Å². The molecule has 174 valence electrons. The van der Waals surface area contributed by atoms with Crippen LogP contribution >= 0.6 is 0 Å². The van der Waals surface area contributed by atoms with Gasteiger partial charge in [-0.25, -0.2) is 12.8 Å². The molecule has 33 heavy (non-hydrogen) atoms. The lowest BCUT2D eigenvalue weighted by Crippen LogP contribution is -2.38. The molecule has 3 aromatic carbocycles. The highest BCUT2D eigenvalue weighted by Crippen LogP contribution is 2.30. The zero-order valence-corrected chi connectivity index (χ0v) is 18.0. The van der Waals surface area contributed by atoms with Gasteiger partial charge in [-0.2, -0.15) is 13.2 Å². The van der Waals surface area contributed by atoms with E-state index in [1.807, 2.05) is 0 Å². The molecule has 0 fully saturated rings. The van der Waals surface area contributed by atoms with Crippen molar-refractivity contribution in [2.24, 2.45) is 0 Å². The summed E-state index contributed by atoms with van der Waals surface area (Å²) in [6.45, 7) is -0.823. The van der Waals surface area contributed by atoms with Gasteiger partial charge in [0.25, 0.3) is 10.0 Å².